The Labute approximate surface area is 164 Å². The summed E-state index contributed by atoms with van der Waals surface area (Å²) in [5.41, 5.74) is 2.37. The molecule has 1 amide bonds. The van der Waals surface area contributed by atoms with Gasteiger partial charge >= 0.3 is 0 Å². The van der Waals surface area contributed by atoms with Crippen LogP contribution in [0.1, 0.15) is 50.3 Å². The molecule has 0 spiro atoms. The van der Waals surface area contributed by atoms with Crippen molar-refractivity contribution < 1.29 is 9.53 Å². The molecule has 27 heavy (non-hydrogen) atoms. The van der Waals surface area contributed by atoms with Gasteiger partial charge in [0.1, 0.15) is 11.3 Å². The van der Waals surface area contributed by atoms with Crippen molar-refractivity contribution in [2.75, 3.05) is 24.6 Å². The number of hydrogen-bond acceptors (Lipinski definition) is 5. The summed E-state index contributed by atoms with van der Waals surface area (Å²) in [6.07, 6.45) is 2.40. The number of anilines is 1. The van der Waals surface area contributed by atoms with Crippen molar-refractivity contribution >= 4 is 23.3 Å². The van der Waals surface area contributed by atoms with Gasteiger partial charge in [0, 0.05) is 25.9 Å². The van der Waals surface area contributed by atoms with Crippen molar-refractivity contribution in [3.63, 3.8) is 0 Å². The Balaban J connectivity index is 1.62. The number of nitrogens with one attached hydrogen (secondary N) is 1. The lowest BCUT2D eigenvalue weighted by Gasteiger charge is -2.40. The van der Waals surface area contributed by atoms with Crippen LogP contribution in [0.5, 0.6) is 5.88 Å². The lowest BCUT2D eigenvalue weighted by Crippen LogP contribution is -2.45. The zero-order chi connectivity index (χ0) is 19.4. The molecule has 144 valence electrons. The van der Waals surface area contributed by atoms with Crippen LogP contribution in [0.15, 0.2) is 30.6 Å². The van der Waals surface area contributed by atoms with Crippen LogP contribution in [0.3, 0.4) is 0 Å². The maximum absolute atomic E-state index is 11.2. The van der Waals surface area contributed by atoms with Crippen LogP contribution in [0.2, 0.25) is 5.02 Å². The molecule has 0 bridgehead atoms. The number of hydrogen-bond donors (Lipinski definition) is 1. The molecule has 1 aromatic heterocycles. The summed E-state index contributed by atoms with van der Waals surface area (Å²) in [5, 5.41) is 3.38. The highest BCUT2D eigenvalue weighted by molar-refractivity contribution is 6.34. The Kier molecular flexibility index (Phi) is 6.16. The third kappa shape index (κ3) is 4.50. The summed E-state index contributed by atoms with van der Waals surface area (Å²) in [6, 6.07) is 8.43. The zero-order valence-electron chi connectivity index (χ0n) is 15.9. The van der Waals surface area contributed by atoms with E-state index in [1.165, 1.54) is 18.8 Å². The number of rotatable bonds is 7. The van der Waals surface area contributed by atoms with Crippen molar-refractivity contribution in [3.05, 3.63) is 46.7 Å². The molecule has 0 radical (unpaired) electrons. The number of nitrogens with zero attached hydrogens (tertiary/aromatic N) is 3. The van der Waals surface area contributed by atoms with Crippen molar-refractivity contribution in [2.45, 2.75) is 39.2 Å². The van der Waals surface area contributed by atoms with Crippen LogP contribution < -0.4 is 15.0 Å². The number of ether oxygens (including phenoxy) is 1. The van der Waals surface area contributed by atoms with E-state index in [0.29, 0.717) is 23.4 Å². The molecule has 2 heterocycles. The Bertz CT molecular complexity index is 791. The number of benzene rings is 1. The molecule has 0 saturated carbocycles. The zero-order valence-corrected chi connectivity index (χ0v) is 16.7. The number of carbonyl (C=O) groups excluding carboxylic acids is 1. The van der Waals surface area contributed by atoms with Crippen LogP contribution in [-0.4, -0.2) is 35.6 Å². The minimum absolute atomic E-state index is 0.0100. The Morgan fingerprint density at radius 2 is 2.04 bits per heavy atom. The molecule has 1 unspecified atom stereocenters. The second kappa shape index (κ2) is 8.57. The molecule has 1 aliphatic heterocycles. The fraction of sp³-hybridized carbons (Fsp3) is 0.450. The predicted octanol–water partition coefficient (Wildman–Crippen LogP) is 3.72. The van der Waals surface area contributed by atoms with Gasteiger partial charge in [0.25, 0.3) is 0 Å². The summed E-state index contributed by atoms with van der Waals surface area (Å²) < 4.78 is 5.58. The normalized spacial score (nSPS) is 15.2. The van der Waals surface area contributed by atoms with Crippen molar-refractivity contribution in [1.29, 1.82) is 0 Å². The quantitative estimate of drug-likeness (QED) is 0.782. The maximum atomic E-state index is 11.2. The molecule has 7 heteroatoms. The molecule has 1 aliphatic rings. The first-order valence-corrected chi connectivity index (χ1v) is 9.62. The third-order valence-corrected chi connectivity index (χ3v) is 5.02. The maximum Gasteiger partial charge on any atom is 0.237 e. The lowest BCUT2D eigenvalue weighted by molar-refractivity contribution is -0.119. The minimum atomic E-state index is -0.0229. The van der Waals surface area contributed by atoms with Gasteiger partial charge in [-0.3, -0.25) is 4.79 Å². The van der Waals surface area contributed by atoms with E-state index < -0.39 is 0 Å². The molecule has 1 atom stereocenters. The summed E-state index contributed by atoms with van der Waals surface area (Å²) >= 11 is 6.42. The monoisotopic (exact) mass is 388 g/mol. The van der Waals surface area contributed by atoms with E-state index in [1.807, 2.05) is 13.8 Å². The van der Waals surface area contributed by atoms with Crippen molar-refractivity contribution in [2.24, 2.45) is 0 Å². The van der Waals surface area contributed by atoms with E-state index in [-0.39, 0.29) is 11.9 Å². The van der Waals surface area contributed by atoms with E-state index in [1.54, 1.807) is 0 Å². The topological polar surface area (TPSA) is 67.4 Å². The van der Waals surface area contributed by atoms with Gasteiger partial charge in [-0.1, -0.05) is 42.8 Å². The SMILES string of the molecule is CCCOc1ncnc(N2CC(c3ccc(C(C)NC(C)=O)cc3)C2)c1Cl. The van der Waals surface area contributed by atoms with E-state index in [2.05, 4.69) is 44.5 Å². The molecule has 6 nitrogen and oxygen atoms in total. The van der Waals surface area contributed by atoms with Crippen LogP contribution in [0.25, 0.3) is 0 Å². The van der Waals surface area contributed by atoms with Gasteiger partial charge in [-0.05, 0) is 24.5 Å². The third-order valence-electron chi connectivity index (χ3n) is 4.69. The number of halogens is 1. The largest absolute Gasteiger partial charge is 0.476 e. The molecular weight excluding hydrogens is 364 g/mol. The van der Waals surface area contributed by atoms with Gasteiger partial charge in [0.15, 0.2) is 5.82 Å². The summed E-state index contributed by atoms with van der Waals surface area (Å²) in [5.74, 6) is 1.58. The highest BCUT2D eigenvalue weighted by Gasteiger charge is 2.31. The molecule has 3 rings (SSSR count). The Morgan fingerprint density at radius 1 is 1.33 bits per heavy atom. The van der Waals surface area contributed by atoms with E-state index in [4.69, 9.17) is 16.3 Å². The van der Waals surface area contributed by atoms with Gasteiger partial charge in [-0.2, -0.15) is 0 Å². The van der Waals surface area contributed by atoms with Gasteiger partial charge in [-0.15, -0.1) is 0 Å². The van der Waals surface area contributed by atoms with Gasteiger partial charge < -0.3 is 15.0 Å². The summed E-state index contributed by atoms with van der Waals surface area (Å²) in [7, 11) is 0. The van der Waals surface area contributed by atoms with E-state index in [0.717, 1.165) is 30.9 Å². The first-order chi connectivity index (χ1) is 13.0. The van der Waals surface area contributed by atoms with Crippen LogP contribution in [0.4, 0.5) is 5.82 Å². The molecule has 1 aromatic carbocycles. The predicted molar refractivity (Wildman–Crippen MR) is 106 cm³/mol. The lowest BCUT2D eigenvalue weighted by atomic mass is 9.90. The Morgan fingerprint density at radius 3 is 2.67 bits per heavy atom. The van der Waals surface area contributed by atoms with E-state index >= 15 is 0 Å². The van der Waals surface area contributed by atoms with Gasteiger partial charge in [0.2, 0.25) is 11.8 Å². The van der Waals surface area contributed by atoms with Gasteiger partial charge in [0.05, 0.1) is 12.6 Å². The van der Waals surface area contributed by atoms with Crippen LogP contribution >= 0.6 is 11.6 Å². The molecular formula is C20H25ClN4O2. The Hall–Kier alpha value is -2.34. The first-order valence-electron chi connectivity index (χ1n) is 9.24. The van der Waals surface area contributed by atoms with E-state index in [9.17, 15) is 4.79 Å². The number of aromatic nitrogens is 2. The smallest absolute Gasteiger partial charge is 0.237 e. The highest BCUT2D eigenvalue weighted by Crippen LogP contribution is 2.37. The second-order valence-electron chi connectivity index (χ2n) is 6.86. The fourth-order valence-corrected chi connectivity index (χ4v) is 3.44. The van der Waals surface area contributed by atoms with Crippen LogP contribution in [0, 0.1) is 0 Å². The number of amides is 1. The van der Waals surface area contributed by atoms with Crippen molar-refractivity contribution in [3.8, 4) is 5.88 Å². The standard InChI is InChI=1S/C20H25ClN4O2/c1-4-9-27-20-18(21)19(22-12-23-20)25-10-17(11-25)16-7-5-15(6-8-16)13(2)24-14(3)26/h5-8,12-13,17H,4,9-11H2,1-3H3,(H,24,26). The molecule has 1 N–H and O–H groups in total. The average Bonchev–Trinajstić information content (AvgIpc) is 2.61. The molecule has 2 aromatic rings. The molecule has 1 saturated heterocycles. The summed E-state index contributed by atoms with van der Waals surface area (Å²) in [4.78, 5) is 21.8. The van der Waals surface area contributed by atoms with Crippen molar-refractivity contribution in [1.82, 2.24) is 15.3 Å². The first kappa shape index (κ1) is 19.4. The average molecular weight is 389 g/mol. The van der Waals surface area contributed by atoms with Gasteiger partial charge in [-0.25, -0.2) is 9.97 Å². The summed E-state index contributed by atoms with van der Waals surface area (Å²) in [6.45, 7) is 7.84. The molecule has 1 fully saturated rings. The number of carbonyl (C=O) groups is 1. The second-order valence-corrected chi connectivity index (χ2v) is 7.23. The minimum Gasteiger partial charge on any atom is -0.476 e. The fourth-order valence-electron chi connectivity index (χ4n) is 3.17. The van der Waals surface area contributed by atoms with Crippen LogP contribution in [-0.2, 0) is 4.79 Å². The molecule has 0 aliphatic carbocycles. The highest BCUT2D eigenvalue weighted by atomic mass is 35.5.